The summed E-state index contributed by atoms with van der Waals surface area (Å²) in [6.07, 6.45) is 0.493. The van der Waals surface area contributed by atoms with E-state index in [1.807, 2.05) is 53.7 Å². The molecule has 1 rings (SSSR count). The topological polar surface area (TPSA) is 83.4 Å². The van der Waals surface area contributed by atoms with Crippen LogP contribution in [-0.2, 0) is 21.8 Å². The molecule has 4 nitrogen and oxygen atoms in total. The van der Waals surface area contributed by atoms with Crippen molar-refractivity contribution in [1.29, 1.82) is 0 Å². The standard InChI is InChI=1S/C17H29O4P.Ca/c1-16(2,3)13-10-12(8-7-9-22(19,20)21)11-14(15(13)18)17(4,5)6;/h10-11,18H,7-9H2,1-6H3,(H2,19,20,21);/q;+2/p-2. The second-order valence-electron chi connectivity index (χ2n) is 7.98. The number of hydrogen-bond acceptors (Lipinski definition) is 4. The minimum Gasteiger partial charge on any atom is -0.811 e. The molecule has 0 saturated carbocycles. The van der Waals surface area contributed by atoms with Crippen molar-refractivity contribution in [2.75, 3.05) is 6.16 Å². The zero-order valence-electron chi connectivity index (χ0n) is 15.1. The molecule has 0 spiro atoms. The van der Waals surface area contributed by atoms with Gasteiger partial charge in [-0.3, -0.25) is 0 Å². The van der Waals surface area contributed by atoms with Crippen LogP contribution in [0.3, 0.4) is 0 Å². The van der Waals surface area contributed by atoms with Gasteiger partial charge >= 0.3 is 37.7 Å². The van der Waals surface area contributed by atoms with E-state index in [1.54, 1.807) is 0 Å². The molecule has 0 radical (unpaired) electrons. The third-order valence-corrected chi connectivity index (χ3v) is 4.55. The molecule has 6 heteroatoms. The molecular weight excluding hydrogens is 339 g/mol. The zero-order valence-corrected chi connectivity index (χ0v) is 18.2. The Hall–Kier alpha value is 0.430. The van der Waals surface area contributed by atoms with Crippen LogP contribution >= 0.6 is 7.60 Å². The Morgan fingerprint density at radius 1 is 1.00 bits per heavy atom. The Morgan fingerprint density at radius 2 is 1.39 bits per heavy atom. The second kappa shape index (κ2) is 8.21. The largest absolute Gasteiger partial charge is 2.00 e. The number of aromatic hydroxyl groups is 1. The number of benzene rings is 1. The number of aryl methyl sites for hydroxylation is 1. The van der Waals surface area contributed by atoms with Gasteiger partial charge in [-0.15, -0.1) is 0 Å². The SMILES string of the molecule is CC(C)(C)c1cc(CCCP(=O)([O-])[O-])cc(C(C)(C)C)c1O.[Ca+2]. The van der Waals surface area contributed by atoms with Crippen LogP contribution < -0.4 is 9.79 Å². The van der Waals surface area contributed by atoms with Crippen molar-refractivity contribution in [3.05, 3.63) is 28.8 Å². The van der Waals surface area contributed by atoms with Crippen molar-refractivity contribution in [2.45, 2.75) is 65.2 Å². The molecule has 0 aromatic heterocycles. The van der Waals surface area contributed by atoms with Crippen LogP contribution in [0.4, 0.5) is 0 Å². The predicted octanol–water partition coefficient (Wildman–Crippen LogP) is 2.45. The van der Waals surface area contributed by atoms with Crippen LogP contribution in [0.2, 0.25) is 0 Å². The molecule has 0 atom stereocenters. The van der Waals surface area contributed by atoms with Gasteiger partial charge in [0.1, 0.15) is 5.75 Å². The average molecular weight is 366 g/mol. The fraction of sp³-hybridized carbons (Fsp3) is 0.647. The predicted molar refractivity (Wildman–Crippen MR) is 92.1 cm³/mol. The summed E-state index contributed by atoms with van der Waals surface area (Å²) in [5.74, 6) is 0.307. The maximum absolute atomic E-state index is 10.8. The number of phenols is 1. The van der Waals surface area contributed by atoms with Crippen LogP contribution in [0.5, 0.6) is 5.75 Å². The first-order valence-electron chi connectivity index (χ1n) is 7.60. The maximum atomic E-state index is 10.8. The van der Waals surface area contributed by atoms with Crippen LogP contribution in [0.1, 0.15) is 64.7 Å². The average Bonchev–Trinajstić information content (AvgIpc) is 2.26. The summed E-state index contributed by atoms with van der Waals surface area (Å²) in [6, 6.07) is 3.84. The molecule has 0 aliphatic carbocycles. The zero-order chi connectivity index (χ0) is 17.3. The summed E-state index contributed by atoms with van der Waals surface area (Å²) in [6.45, 7) is 12.2. The van der Waals surface area contributed by atoms with E-state index in [1.165, 1.54) is 0 Å². The molecule has 0 bridgehead atoms. The molecule has 1 N–H and O–H groups in total. The fourth-order valence-electron chi connectivity index (χ4n) is 2.46. The van der Waals surface area contributed by atoms with Crippen molar-refractivity contribution in [3.8, 4) is 5.75 Å². The van der Waals surface area contributed by atoms with E-state index >= 15 is 0 Å². The molecule has 23 heavy (non-hydrogen) atoms. The minimum absolute atomic E-state index is 0. The summed E-state index contributed by atoms with van der Waals surface area (Å²) in [7, 11) is -4.45. The second-order valence-corrected chi connectivity index (χ2v) is 9.65. The van der Waals surface area contributed by atoms with Gasteiger partial charge in [-0.25, -0.2) is 0 Å². The molecule has 0 aliphatic rings. The summed E-state index contributed by atoms with van der Waals surface area (Å²) in [5, 5.41) is 10.6. The van der Waals surface area contributed by atoms with Gasteiger partial charge < -0.3 is 19.5 Å². The third kappa shape index (κ3) is 7.46. The van der Waals surface area contributed by atoms with E-state index < -0.39 is 7.60 Å². The quantitative estimate of drug-likeness (QED) is 0.655. The van der Waals surface area contributed by atoms with Crippen molar-refractivity contribution in [3.63, 3.8) is 0 Å². The molecule has 0 aliphatic heterocycles. The van der Waals surface area contributed by atoms with Gasteiger partial charge in [0, 0.05) is 0 Å². The van der Waals surface area contributed by atoms with Gasteiger partial charge in [-0.2, -0.15) is 0 Å². The van der Waals surface area contributed by atoms with Crippen LogP contribution in [0.25, 0.3) is 0 Å². The van der Waals surface area contributed by atoms with Gasteiger partial charge in [0.05, 0.1) is 0 Å². The van der Waals surface area contributed by atoms with Crippen molar-refractivity contribution < 1.29 is 19.5 Å². The van der Waals surface area contributed by atoms with Gasteiger partial charge in [-0.05, 0) is 46.5 Å². The Morgan fingerprint density at radius 3 is 1.70 bits per heavy atom. The van der Waals surface area contributed by atoms with E-state index in [-0.39, 0.29) is 54.7 Å². The third-order valence-electron chi connectivity index (χ3n) is 3.68. The first-order chi connectivity index (χ1) is 9.72. The summed E-state index contributed by atoms with van der Waals surface area (Å²) in [4.78, 5) is 21.5. The molecule has 126 valence electrons. The fourth-order valence-corrected chi connectivity index (χ4v) is 3.00. The van der Waals surface area contributed by atoms with Crippen LogP contribution in [-0.4, -0.2) is 49.0 Å². The van der Waals surface area contributed by atoms with Gasteiger partial charge in [0.15, 0.2) is 0 Å². The maximum Gasteiger partial charge on any atom is 2.00 e. The first-order valence-corrected chi connectivity index (χ1v) is 9.32. The van der Waals surface area contributed by atoms with E-state index in [0.29, 0.717) is 18.6 Å². The van der Waals surface area contributed by atoms with Crippen LogP contribution in [0.15, 0.2) is 12.1 Å². The monoisotopic (exact) mass is 366 g/mol. The van der Waals surface area contributed by atoms with Crippen molar-refractivity contribution >= 4 is 45.3 Å². The molecule has 1 aromatic rings. The number of phenolic OH excluding ortho intramolecular Hbond substituents is 1. The molecule has 0 saturated heterocycles. The van der Waals surface area contributed by atoms with E-state index in [0.717, 1.165) is 16.7 Å². The minimum atomic E-state index is -4.45. The Kier molecular flexibility index (Phi) is 8.36. The molecule has 0 amide bonds. The van der Waals surface area contributed by atoms with E-state index in [4.69, 9.17) is 0 Å². The molecule has 0 heterocycles. The Balaban J connectivity index is 0.00000484. The number of rotatable bonds is 4. The van der Waals surface area contributed by atoms with Gasteiger partial charge in [0.2, 0.25) is 0 Å². The van der Waals surface area contributed by atoms with E-state index in [9.17, 15) is 19.5 Å². The van der Waals surface area contributed by atoms with E-state index in [2.05, 4.69) is 0 Å². The van der Waals surface area contributed by atoms with Crippen LogP contribution in [0, 0.1) is 0 Å². The normalized spacial score (nSPS) is 12.9. The van der Waals surface area contributed by atoms with Crippen molar-refractivity contribution in [2.24, 2.45) is 0 Å². The summed E-state index contributed by atoms with van der Waals surface area (Å²) < 4.78 is 10.8. The van der Waals surface area contributed by atoms with Gasteiger partial charge in [-0.1, -0.05) is 61.3 Å². The Bertz CT molecular complexity index is 544. The van der Waals surface area contributed by atoms with Gasteiger partial charge in [0.25, 0.3) is 0 Å². The summed E-state index contributed by atoms with van der Waals surface area (Å²) >= 11 is 0. The Labute approximate surface area is 169 Å². The summed E-state index contributed by atoms with van der Waals surface area (Å²) in [5.41, 5.74) is 2.23. The number of hydrogen-bond donors (Lipinski definition) is 1. The van der Waals surface area contributed by atoms with Crippen molar-refractivity contribution in [1.82, 2.24) is 0 Å². The first kappa shape index (κ1) is 23.4. The molecule has 0 unspecified atom stereocenters. The molecular formula is C17H27CaO4P. The molecule has 1 aromatic carbocycles. The molecule has 0 fully saturated rings. The smallest absolute Gasteiger partial charge is 0.811 e.